The first-order valence-electron chi connectivity index (χ1n) is 5.62. The Morgan fingerprint density at radius 3 is 2.79 bits per heavy atom. The SMILES string of the molecule is N#Cc1cc(NCC(O)C(F)F)nc2ccccc12. The first-order valence-corrected chi connectivity index (χ1v) is 5.62. The van der Waals surface area contributed by atoms with E-state index in [1.54, 1.807) is 24.3 Å². The van der Waals surface area contributed by atoms with E-state index in [0.717, 1.165) is 0 Å². The van der Waals surface area contributed by atoms with Crippen molar-refractivity contribution in [1.82, 2.24) is 4.98 Å². The molecule has 2 rings (SSSR count). The first-order chi connectivity index (χ1) is 9.11. The number of hydrogen-bond acceptors (Lipinski definition) is 4. The molecule has 1 unspecified atom stereocenters. The Kier molecular flexibility index (Phi) is 3.88. The van der Waals surface area contributed by atoms with Gasteiger partial charge in [-0.3, -0.25) is 0 Å². The fraction of sp³-hybridized carbons (Fsp3) is 0.231. The smallest absolute Gasteiger partial charge is 0.265 e. The molecule has 0 aliphatic rings. The van der Waals surface area contributed by atoms with E-state index in [4.69, 9.17) is 10.4 Å². The number of alkyl halides is 2. The molecule has 2 N–H and O–H groups in total. The lowest BCUT2D eigenvalue weighted by atomic mass is 10.1. The van der Waals surface area contributed by atoms with Gasteiger partial charge in [0.15, 0.2) is 0 Å². The highest BCUT2D eigenvalue weighted by molar-refractivity contribution is 5.86. The number of nitrogens with one attached hydrogen (secondary N) is 1. The van der Waals surface area contributed by atoms with Gasteiger partial charge in [0.2, 0.25) is 0 Å². The lowest BCUT2D eigenvalue weighted by molar-refractivity contribution is 0.00381. The minimum absolute atomic E-state index is 0.287. The van der Waals surface area contributed by atoms with Crippen LogP contribution in [0.2, 0.25) is 0 Å². The van der Waals surface area contributed by atoms with E-state index in [0.29, 0.717) is 16.5 Å². The molecule has 0 saturated heterocycles. The van der Waals surface area contributed by atoms with Crippen molar-refractivity contribution in [2.24, 2.45) is 0 Å². The molecule has 1 aromatic carbocycles. The summed E-state index contributed by atoms with van der Waals surface area (Å²) in [5, 5.41) is 21.4. The standard InChI is InChI=1S/C13H11F2N3O/c14-13(15)11(19)7-17-12-5-8(6-16)9-3-1-2-4-10(9)18-12/h1-5,11,13,19H,7H2,(H,17,18). The topological polar surface area (TPSA) is 68.9 Å². The van der Waals surface area contributed by atoms with E-state index in [9.17, 15) is 8.78 Å². The van der Waals surface area contributed by atoms with Crippen LogP contribution >= 0.6 is 0 Å². The molecule has 1 heterocycles. The Balaban J connectivity index is 2.28. The average Bonchev–Trinajstić information content (AvgIpc) is 2.43. The van der Waals surface area contributed by atoms with Crippen molar-refractivity contribution in [2.45, 2.75) is 12.5 Å². The summed E-state index contributed by atoms with van der Waals surface area (Å²) in [6, 6.07) is 10.6. The normalized spacial score (nSPS) is 12.4. The summed E-state index contributed by atoms with van der Waals surface area (Å²) in [6.45, 7) is -0.326. The number of rotatable bonds is 4. The van der Waals surface area contributed by atoms with Crippen LogP contribution in [0.3, 0.4) is 0 Å². The summed E-state index contributed by atoms with van der Waals surface area (Å²) >= 11 is 0. The predicted octanol–water partition coefficient (Wildman–Crippen LogP) is 2.14. The molecule has 0 radical (unpaired) electrons. The van der Waals surface area contributed by atoms with Crippen molar-refractivity contribution in [3.63, 3.8) is 0 Å². The Labute approximate surface area is 108 Å². The minimum Gasteiger partial charge on any atom is -0.385 e. The Morgan fingerprint density at radius 2 is 2.11 bits per heavy atom. The van der Waals surface area contributed by atoms with Crippen LogP contribution in [0.25, 0.3) is 10.9 Å². The molecule has 4 nitrogen and oxygen atoms in total. The molecular formula is C13H11F2N3O. The number of anilines is 1. The summed E-state index contributed by atoms with van der Waals surface area (Å²) in [6.07, 6.45) is -4.58. The van der Waals surface area contributed by atoms with Gasteiger partial charge in [-0.05, 0) is 12.1 Å². The fourth-order valence-electron chi connectivity index (χ4n) is 1.66. The molecule has 0 bridgehead atoms. The second-order valence-electron chi connectivity index (χ2n) is 3.97. The average molecular weight is 263 g/mol. The molecule has 98 valence electrons. The highest BCUT2D eigenvalue weighted by atomic mass is 19.3. The molecule has 0 saturated carbocycles. The van der Waals surface area contributed by atoms with Crippen LogP contribution < -0.4 is 5.32 Å². The first kappa shape index (κ1) is 13.2. The lowest BCUT2D eigenvalue weighted by Gasteiger charge is -2.12. The maximum atomic E-state index is 12.2. The maximum absolute atomic E-state index is 12.2. The summed E-state index contributed by atoms with van der Waals surface area (Å²) in [4.78, 5) is 4.20. The van der Waals surface area contributed by atoms with Crippen LogP contribution in [0.5, 0.6) is 0 Å². The molecule has 0 spiro atoms. The number of benzene rings is 1. The summed E-state index contributed by atoms with van der Waals surface area (Å²) in [5.74, 6) is 0.287. The van der Waals surface area contributed by atoms with Gasteiger partial charge < -0.3 is 10.4 Å². The number of nitrogens with zero attached hydrogens (tertiary/aromatic N) is 2. The molecule has 0 fully saturated rings. The molecule has 1 aromatic heterocycles. The third-order valence-electron chi connectivity index (χ3n) is 2.62. The second kappa shape index (κ2) is 5.59. The number of nitriles is 1. The number of aliphatic hydroxyl groups excluding tert-OH is 1. The molecule has 6 heteroatoms. The molecule has 2 aromatic rings. The number of aromatic nitrogens is 1. The van der Waals surface area contributed by atoms with Gasteiger partial charge in [0.05, 0.1) is 17.1 Å². The third-order valence-corrected chi connectivity index (χ3v) is 2.62. The molecule has 19 heavy (non-hydrogen) atoms. The number of pyridine rings is 1. The van der Waals surface area contributed by atoms with E-state index in [-0.39, 0.29) is 12.4 Å². The van der Waals surface area contributed by atoms with Crippen molar-refractivity contribution in [1.29, 1.82) is 5.26 Å². The summed E-state index contributed by atoms with van der Waals surface area (Å²) in [7, 11) is 0. The van der Waals surface area contributed by atoms with Crippen LogP contribution in [0.1, 0.15) is 5.56 Å². The maximum Gasteiger partial charge on any atom is 0.265 e. The van der Waals surface area contributed by atoms with E-state index in [2.05, 4.69) is 10.3 Å². The largest absolute Gasteiger partial charge is 0.385 e. The quantitative estimate of drug-likeness (QED) is 0.886. The second-order valence-corrected chi connectivity index (χ2v) is 3.97. The number of fused-ring (bicyclic) bond motifs is 1. The fourth-order valence-corrected chi connectivity index (χ4v) is 1.66. The van der Waals surface area contributed by atoms with E-state index >= 15 is 0 Å². The van der Waals surface area contributed by atoms with Gasteiger partial charge in [0.25, 0.3) is 6.43 Å². The Bertz CT molecular complexity index is 625. The number of halogens is 2. The minimum atomic E-state index is -2.82. The van der Waals surface area contributed by atoms with Gasteiger partial charge in [-0.2, -0.15) is 5.26 Å². The van der Waals surface area contributed by atoms with Crippen molar-refractivity contribution in [3.05, 3.63) is 35.9 Å². The zero-order valence-electron chi connectivity index (χ0n) is 9.85. The van der Waals surface area contributed by atoms with Crippen LogP contribution in [-0.4, -0.2) is 29.2 Å². The van der Waals surface area contributed by atoms with Gasteiger partial charge in [-0.1, -0.05) is 18.2 Å². The van der Waals surface area contributed by atoms with Crippen LogP contribution in [0, 0.1) is 11.3 Å². The predicted molar refractivity (Wildman–Crippen MR) is 67.0 cm³/mol. The van der Waals surface area contributed by atoms with Crippen molar-refractivity contribution in [3.8, 4) is 6.07 Å². The molecule has 0 amide bonds. The van der Waals surface area contributed by atoms with E-state index in [1.165, 1.54) is 6.07 Å². The van der Waals surface area contributed by atoms with Crippen molar-refractivity contribution >= 4 is 16.7 Å². The van der Waals surface area contributed by atoms with Crippen molar-refractivity contribution < 1.29 is 13.9 Å². The Morgan fingerprint density at radius 1 is 1.37 bits per heavy atom. The zero-order valence-corrected chi connectivity index (χ0v) is 9.85. The van der Waals surface area contributed by atoms with Gasteiger partial charge in [-0.25, -0.2) is 13.8 Å². The lowest BCUT2D eigenvalue weighted by Crippen LogP contribution is -2.27. The summed E-state index contributed by atoms with van der Waals surface area (Å²) in [5.41, 5.74) is 0.996. The molecular weight excluding hydrogens is 252 g/mol. The van der Waals surface area contributed by atoms with Crippen LogP contribution in [-0.2, 0) is 0 Å². The number of aliphatic hydroxyl groups is 1. The third kappa shape index (κ3) is 2.95. The van der Waals surface area contributed by atoms with Gasteiger partial charge >= 0.3 is 0 Å². The Hall–Kier alpha value is -2.26. The number of hydrogen-bond donors (Lipinski definition) is 2. The monoisotopic (exact) mass is 263 g/mol. The molecule has 1 atom stereocenters. The molecule has 0 aliphatic heterocycles. The van der Waals surface area contributed by atoms with Gasteiger partial charge in [-0.15, -0.1) is 0 Å². The zero-order chi connectivity index (χ0) is 13.8. The van der Waals surface area contributed by atoms with Gasteiger partial charge in [0, 0.05) is 11.9 Å². The summed E-state index contributed by atoms with van der Waals surface area (Å²) < 4.78 is 24.3. The van der Waals surface area contributed by atoms with Crippen LogP contribution in [0.15, 0.2) is 30.3 Å². The highest BCUT2D eigenvalue weighted by Crippen LogP contribution is 2.20. The van der Waals surface area contributed by atoms with E-state index in [1.807, 2.05) is 6.07 Å². The van der Waals surface area contributed by atoms with Crippen LogP contribution in [0.4, 0.5) is 14.6 Å². The van der Waals surface area contributed by atoms with Gasteiger partial charge in [0.1, 0.15) is 11.9 Å². The van der Waals surface area contributed by atoms with E-state index < -0.39 is 12.5 Å². The number of para-hydroxylation sites is 1. The van der Waals surface area contributed by atoms with Crippen molar-refractivity contribution in [2.75, 3.05) is 11.9 Å². The molecule has 0 aliphatic carbocycles. The highest BCUT2D eigenvalue weighted by Gasteiger charge is 2.16.